The maximum absolute atomic E-state index is 12.1. The molecule has 1 aromatic carbocycles. The molecule has 0 bridgehead atoms. The number of nitrogens with one attached hydrogen (secondary N) is 1. The van der Waals surface area contributed by atoms with E-state index in [1.54, 1.807) is 24.4 Å². The van der Waals surface area contributed by atoms with Gasteiger partial charge in [0.15, 0.2) is 0 Å². The highest BCUT2D eigenvalue weighted by Gasteiger charge is 2.31. The maximum atomic E-state index is 12.1. The lowest BCUT2D eigenvalue weighted by Crippen LogP contribution is -2.22. The van der Waals surface area contributed by atoms with Crippen LogP contribution in [0.1, 0.15) is 0 Å². The molecule has 2 rings (SSSR count). The molecule has 112 valence electrons. The van der Waals surface area contributed by atoms with Crippen molar-refractivity contribution in [1.82, 2.24) is 4.57 Å². The van der Waals surface area contributed by atoms with E-state index in [0.717, 1.165) is 0 Å². The molecule has 0 aliphatic carbocycles. The second-order valence-electron chi connectivity index (χ2n) is 4.23. The minimum Gasteiger partial charge on any atom is -0.406 e. The van der Waals surface area contributed by atoms with Gasteiger partial charge in [0, 0.05) is 37.1 Å². The minimum absolute atomic E-state index is 0.131. The summed E-state index contributed by atoms with van der Waals surface area (Å²) >= 11 is 0. The van der Waals surface area contributed by atoms with E-state index >= 15 is 0 Å². The molecule has 0 fully saturated rings. The second kappa shape index (κ2) is 6.34. The Kier molecular flexibility index (Phi) is 4.52. The van der Waals surface area contributed by atoms with E-state index in [-0.39, 0.29) is 11.3 Å². The Morgan fingerprint density at radius 2 is 1.95 bits per heavy atom. The number of anilines is 1. The molecule has 1 aromatic heterocycles. The molecule has 0 amide bonds. The third-order valence-electron chi connectivity index (χ3n) is 2.65. The van der Waals surface area contributed by atoms with Crippen LogP contribution in [0.3, 0.4) is 0 Å². The van der Waals surface area contributed by atoms with Crippen LogP contribution in [0.4, 0.5) is 18.9 Å². The van der Waals surface area contributed by atoms with Crippen molar-refractivity contribution in [3.05, 3.63) is 59.0 Å². The molecule has 2 aromatic rings. The van der Waals surface area contributed by atoms with E-state index in [4.69, 9.17) is 0 Å². The quantitative estimate of drug-likeness (QED) is 0.923. The molecule has 21 heavy (non-hydrogen) atoms. The van der Waals surface area contributed by atoms with Gasteiger partial charge in [-0.15, -0.1) is 13.2 Å². The number of halogens is 3. The number of pyridine rings is 1. The summed E-state index contributed by atoms with van der Waals surface area (Å²) in [6.07, 6.45) is -3.07. The van der Waals surface area contributed by atoms with E-state index in [9.17, 15) is 18.0 Å². The fraction of sp³-hybridized carbons (Fsp3) is 0.214. The number of alkyl halides is 3. The van der Waals surface area contributed by atoms with Crippen molar-refractivity contribution >= 4 is 5.69 Å². The third-order valence-corrected chi connectivity index (χ3v) is 2.65. The summed E-state index contributed by atoms with van der Waals surface area (Å²) in [5.74, 6) is -0.288. The van der Waals surface area contributed by atoms with Crippen LogP contribution in [0.2, 0.25) is 0 Å². The standard InChI is InChI=1S/C14H13F3N2O2/c15-14(16,17)21-12-5-3-4-11(10-12)18-7-9-19-8-2-1-6-13(19)20/h1-6,8,10,18H,7,9H2. The van der Waals surface area contributed by atoms with Crippen LogP contribution < -0.4 is 15.6 Å². The van der Waals surface area contributed by atoms with Crippen LogP contribution in [0, 0.1) is 0 Å². The first-order chi connectivity index (χ1) is 9.94. The lowest BCUT2D eigenvalue weighted by atomic mass is 10.3. The third kappa shape index (κ3) is 4.87. The second-order valence-corrected chi connectivity index (χ2v) is 4.23. The maximum Gasteiger partial charge on any atom is 0.573 e. The van der Waals surface area contributed by atoms with Crippen LogP contribution >= 0.6 is 0 Å². The summed E-state index contributed by atoms with van der Waals surface area (Å²) in [6, 6.07) is 10.4. The van der Waals surface area contributed by atoms with Gasteiger partial charge in [-0.1, -0.05) is 12.1 Å². The molecule has 0 atom stereocenters. The number of rotatable bonds is 5. The van der Waals surface area contributed by atoms with Gasteiger partial charge in [-0.2, -0.15) is 0 Å². The monoisotopic (exact) mass is 298 g/mol. The van der Waals surface area contributed by atoms with Gasteiger partial charge < -0.3 is 14.6 Å². The van der Waals surface area contributed by atoms with Gasteiger partial charge in [0.2, 0.25) is 0 Å². The Bertz CT molecular complexity index is 653. The number of nitrogens with zero attached hydrogens (tertiary/aromatic N) is 1. The predicted molar refractivity (Wildman–Crippen MR) is 72.3 cm³/mol. The molecule has 0 spiro atoms. The van der Waals surface area contributed by atoms with Crippen molar-refractivity contribution in [3.8, 4) is 5.75 Å². The van der Waals surface area contributed by atoms with Crippen molar-refractivity contribution in [1.29, 1.82) is 0 Å². The van der Waals surface area contributed by atoms with Crippen molar-refractivity contribution in [3.63, 3.8) is 0 Å². The summed E-state index contributed by atoms with van der Waals surface area (Å²) in [5, 5.41) is 2.94. The average molecular weight is 298 g/mol. The van der Waals surface area contributed by atoms with Crippen molar-refractivity contribution < 1.29 is 17.9 Å². The van der Waals surface area contributed by atoms with Crippen LogP contribution in [0.5, 0.6) is 5.75 Å². The summed E-state index contributed by atoms with van der Waals surface area (Å²) in [6.45, 7) is 0.809. The highest BCUT2D eigenvalue weighted by Crippen LogP contribution is 2.24. The van der Waals surface area contributed by atoms with E-state index in [1.807, 2.05) is 0 Å². The number of ether oxygens (including phenoxy) is 1. The molecular formula is C14H13F3N2O2. The van der Waals surface area contributed by atoms with Crippen LogP contribution in [0.25, 0.3) is 0 Å². The molecule has 0 saturated heterocycles. The van der Waals surface area contributed by atoms with Gasteiger partial charge in [0.05, 0.1) is 0 Å². The van der Waals surface area contributed by atoms with Gasteiger partial charge in [-0.3, -0.25) is 4.79 Å². The van der Waals surface area contributed by atoms with E-state index in [0.29, 0.717) is 18.8 Å². The molecule has 7 heteroatoms. The Hall–Kier alpha value is -2.44. The minimum atomic E-state index is -4.71. The summed E-state index contributed by atoms with van der Waals surface area (Å²) < 4.78 is 41.7. The molecular weight excluding hydrogens is 285 g/mol. The molecule has 1 N–H and O–H groups in total. The van der Waals surface area contributed by atoms with Crippen molar-refractivity contribution in [2.45, 2.75) is 12.9 Å². The highest BCUT2D eigenvalue weighted by molar-refractivity contribution is 5.48. The number of hydrogen-bond acceptors (Lipinski definition) is 3. The van der Waals surface area contributed by atoms with E-state index in [2.05, 4.69) is 10.1 Å². The zero-order valence-corrected chi connectivity index (χ0v) is 10.9. The first-order valence-electron chi connectivity index (χ1n) is 6.19. The topological polar surface area (TPSA) is 43.3 Å². The van der Waals surface area contributed by atoms with Gasteiger partial charge in [0.1, 0.15) is 5.75 Å². The Labute approximate surface area is 118 Å². The Morgan fingerprint density at radius 3 is 2.67 bits per heavy atom. The number of benzene rings is 1. The lowest BCUT2D eigenvalue weighted by molar-refractivity contribution is -0.274. The predicted octanol–water partition coefficient (Wildman–Crippen LogP) is 2.86. The molecule has 0 aliphatic rings. The molecule has 0 unspecified atom stereocenters. The highest BCUT2D eigenvalue weighted by atomic mass is 19.4. The zero-order chi connectivity index (χ0) is 15.3. The summed E-state index contributed by atoms with van der Waals surface area (Å²) in [7, 11) is 0. The average Bonchev–Trinajstić information content (AvgIpc) is 2.39. The summed E-state index contributed by atoms with van der Waals surface area (Å²) in [4.78, 5) is 11.5. The number of hydrogen-bond donors (Lipinski definition) is 1. The van der Waals surface area contributed by atoms with Crippen molar-refractivity contribution in [2.24, 2.45) is 0 Å². The largest absolute Gasteiger partial charge is 0.573 e. The van der Waals surface area contributed by atoms with Crippen LogP contribution in [-0.2, 0) is 6.54 Å². The molecule has 0 aliphatic heterocycles. The van der Waals surface area contributed by atoms with E-state index in [1.165, 1.54) is 28.8 Å². The van der Waals surface area contributed by atoms with Gasteiger partial charge in [-0.25, -0.2) is 0 Å². The molecule has 0 saturated carbocycles. The van der Waals surface area contributed by atoms with Gasteiger partial charge in [0.25, 0.3) is 5.56 Å². The Morgan fingerprint density at radius 1 is 1.14 bits per heavy atom. The molecule has 0 radical (unpaired) electrons. The molecule has 1 heterocycles. The van der Waals surface area contributed by atoms with Crippen LogP contribution in [0.15, 0.2) is 53.5 Å². The van der Waals surface area contributed by atoms with Crippen LogP contribution in [-0.4, -0.2) is 17.5 Å². The number of aromatic nitrogens is 1. The first kappa shape index (κ1) is 15.0. The fourth-order valence-electron chi connectivity index (χ4n) is 1.77. The van der Waals surface area contributed by atoms with Crippen molar-refractivity contribution in [2.75, 3.05) is 11.9 Å². The SMILES string of the molecule is O=c1ccccn1CCNc1cccc(OC(F)(F)F)c1. The Balaban J connectivity index is 1.93. The zero-order valence-electron chi connectivity index (χ0n) is 10.9. The van der Waals surface area contributed by atoms with E-state index < -0.39 is 6.36 Å². The summed E-state index contributed by atoms with van der Waals surface area (Å²) in [5.41, 5.74) is 0.356. The molecule has 4 nitrogen and oxygen atoms in total. The fourth-order valence-corrected chi connectivity index (χ4v) is 1.77. The van der Waals surface area contributed by atoms with Gasteiger partial charge >= 0.3 is 6.36 Å². The smallest absolute Gasteiger partial charge is 0.406 e. The normalized spacial score (nSPS) is 11.2. The lowest BCUT2D eigenvalue weighted by Gasteiger charge is -2.11. The first-order valence-corrected chi connectivity index (χ1v) is 6.19. The van der Waals surface area contributed by atoms with Gasteiger partial charge in [-0.05, 0) is 18.2 Å².